The maximum atomic E-state index is 8.55. The molecule has 0 aliphatic carbocycles. The van der Waals surface area contributed by atoms with Crippen LogP contribution in [0.2, 0.25) is 0 Å². The average Bonchev–Trinajstić information content (AvgIpc) is 2.46. The van der Waals surface area contributed by atoms with Crippen LogP contribution in [0.5, 0.6) is 0 Å². The predicted molar refractivity (Wildman–Crippen MR) is 80.1 cm³/mol. The van der Waals surface area contributed by atoms with E-state index in [1.807, 2.05) is 12.1 Å². The Labute approximate surface area is 118 Å². The third-order valence-corrected chi connectivity index (χ3v) is 3.34. The number of anilines is 3. The van der Waals surface area contributed by atoms with Gasteiger partial charge in [-0.15, -0.1) is 0 Å². The van der Waals surface area contributed by atoms with Crippen molar-refractivity contribution in [3.63, 3.8) is 0 Å². The number of rotatable bonds is 4. The maximum absolute atomic E-state index is 8.55. The molecule has 0 saturated carbocycles. The fourth-order valence-corrected chi connectivity index (χ4v) is 1.88. The number of aryl methyl sites for hydroxylation is 1. The van der Waals surface area contributed by atoms with Gasteiger partial charge in [0.1, 0.15) is 24.5 Å². The highest BCUT2D eigenvalue weighted by atomic mass is 15.1. The van der Waals surface area contributed by atoms with Gasteiger partial charge in [0, 0.05) is 11.8 Å². The minimum absolute atomic E-state index is 0.221. The second-order valence-corrected chi connectivity index (χ2v) is 4.61. The van der Waals surface area contributed by atoms with Gasteiger partial charge in [-0.25, -0.2) is 9.97 Å². The summed E-state index contributed by atoms with van der Waals surface area (Å²) in [7, 11) is 0. The van der Waals surface area contributed by atoms with Crippen molar-refractivity contribution in [2.45, 2.75) is 20.8 Å². The summed E-state index contributed by atoms with van der Waals surface area (Å²) in [6, 6.07) is 7.93. The number of nitrogens with one attached hydrogen (secondary N) is 2. The van der Waals surface area contributed by atoms with E-state index in [0.29, 0.717) is 11.6 Å². The molecule has 0 spiro atoms. The van der Waals surface area contributed by atoms with Crippen molar-refractivity contribution in [3.05, 3.63) is 41.2 Å². The highest BCUT2D eigenvalue weighted by molar-refractivity contribution is 5.64. The van der Waals surface area contributed by atoms with Crippen LogP contribution >= 0.6 is 0 Å². The van der Waals surface area contributed by atoms with Gasteiger partial charge in [0.2, 0.25) is 0 Å². The van der Waals surface area contributed by atoms with Crippen LogP contribution in [-0.2, 0) is 0 Å². The quantitative estimate of drug-likeness (QED) is 0.833. The Morgan fingerprint density at radius 1 is 1.10 bits per heavy atom. The van der Waals surface area contributed by atoms with Gasteiger partial charge in [0.15, 0.2) is 0 Å². The van der Waals surface area contributed by atoms with E-state index < -0.39 is 0 Å². The topological polar surface area (TPSA) is 73.6 Å². The minimum Gasteiger partial charge on any atom is -0.357 e. The predicted octanol–water partition coefficient (Wildman–Crippen LogP) is 3.08. The van der Waals surface area contributed by atoms with Crippen molar-refractivity contribution in [2.24, 2.45) is 0 Å². The zero-order valence-electron chi connectivity index (χ0n) is 11.9. The molecule has 0 atom stereocenters. The van der Waals surface area contributed by atoms with Gasteiger partial charge in [-0.2, -0.15) is 5.26 Å². The van der Waals surface area contributed by atoms with E-state index in [1.54, 1.807) is 6.07 Å². The summed E-state index contributed by atoms with van der Waals surface area (Å²) in [4.78, 5) is 8.25. The molecule has 5 nitrogen and oxygen atoms in total. The number of hydrogen-bond donors (Lipinski definition) is 2. The van der Waals surface area contributed by atoms with Crippen LogP contribution in [0.1, 0.15) is 16.7 Å². The maximum Gasteiger partial charge on any atom is 0.135 e. The molecule has 102 valence electrons. The first-order chi connectivity index (χ1) is 9.61. The van der Waals surface area contributed by atoms with E-state index in [-0.39, 0.29) is 6.54 Å². The number of benzene rings is 1. The number of nitrogens with zero attached hydrogens (tertiary/aromatic N) is 3. The third kappa shape index (κ3) is 3.04. The van der Waals surface area contributed by atoms with Crippen LogP contribution in [0.3, 0.4) is 0 Å². The summed E-state index contributed by atoms with van der Waals surface area (Å²) in [6.07, 6.45) is 1.47. The molecule has 0 bridgehead atoms. The lowest BCUT2D eigenvalue weighted by molar-refractivity contribution is 1.14. The lowest BCUT2D eigenvalue weighted by atomic mass is 10.0. The summed E-state index contributed by atoms with van der Waals surface area (Å²) < 4.78 is 0. The van der Waals surface area contributed by atoms with E-state index in [1.165, 1.54) is 23.0 Å². The zero-order valence-corrected chi connectivity index (χ0v) is 11.9. The van der Waals surface area contributed by atoms with Crippen LogP contribution in [0, 0.1) is 32.1 Å². The normalized spacial score (nSPS) is 9.90. The summed E-state index contributed by atoms with van der Waals surface area (Å²) in [6.45, 7) is 6.51. The Morgan fingerprint density at radius 2 is 1.85 bits per heavy atom. The molecule has 1 aromatic heterocycles. The van der Waals surface area contributed by atoms with E-state index in [2.05, 4.69) is 47.4 Å². The van der Waals surface area contributed by atoms with Crippen LogP contribution < -0.4 is 10.6 Å². The monoisotopic (exact) mass is 267 g/mol. The SMILES string of the molecule is Cc1ccc(Nc2cc(NCC#N)ncn2)c(C)c1C. The minimum atomic E-state index is 0.221. The molecular weight excluding hydrogens is 250 g/mol. The van der Waals surface area contributed by atoms with Crippen molar-refractivity contribution in [3.8, 4) is 6.07 Å². The highest BCUT2D eigenvalue weighted by Crippen LogP contribution is 2.24. The molecule has 1 heterocycles. The van der Waals surface area contributed by atoms with Crippen molar-refractivity contribution in [1.29, 1.82) is 5.26 Å². The summed E-state index contributed by atoms with van der Waals surface area (Å²) in [5.41, 5.74) is 4.77. The standard InChI is InChI=1S/C15H17N5/c1-10-4-5-13(12(3)11(10)2)20-15-8-14(17-7-6-16)18-9-19-15/h4-5,8-9H,7H2,1-3H3,(H2,17,18,19,20). The lowest BCUT2D eigenvalue weighted by Crippen LogP contribution is -2.03. The summed E-state index contributed by atoms with van der Waals surface area (Å²) in [5, 5.41) is 14.7. The molecule has 20 heavy (non-hydrogen) atoms. The molecular formula is C15H17N5. The van der Waals surface area contributed by atoms with Crippen molar-refractivity contribution in [2.75, 3.05) is 17.2 Å². The Hall–Kier alpha value is -2.61. The molecule has 2 rings (SSSR count). The molecule has 2 N–H and O–H groups in total. The molecule has 0 unspecified atom stereocenters. The van der Waals surface area contributed by atoms with E-state index in [4.69, 9.17) is 5.26 Å². The van der Waals surface area contributed by atoms with Crippen molar-refractivity contribution in [1.82, 2.24) is 9.97 Å². The molecule has 0 saturated heterocycles. The molecule has 0 amide bonds. The molecule has 0 radical (unpaired) electrons. The Bertz CT molecular complexity index is 658. The number of aromatic nitrogens is 2. The summed E-state index contributed by atoms with van der Waals surface area (Å²) >= 11 is 0. The molecule has 0 aliphatic heterocycles. The second kappa shape index (κ2) is 6.02. The van der Waals surface area contributed by atoms with E-state index in [0.717, 1.165) is 5.69 Å². The first kappa shape index (κ1) is 13.8. The Kier molecular flexibility index (Phi) is 4.16. The van der Waals surface area contributed by atoms with E-state index >= 15 is 0 Å². The summed E-state index contributed by atoms with van der Waals surface area (Å²) in [5.74, 6) is 1.33. The van der Waals surface area contributed by atoms with Crippen LogP contribution in [0.4, 0.5) is 17.3 Å². The fraction of sp³-hybridized carbons (Fsp3) is 0.267. The van der Waals surface area contributed by atoms with Crippen LogP contribution in [0.15, 0.2) is 24.5 Å². The lowest BCUT2D eigenvalue weighted by Gasteiger charge is -2.13. The fourth-order valence-electron chi connectivity index (χ4n) is 1.88. The average molecular weight is 267 g/mol. The zero-order chi connectivity index (χ0) is 14.5. The Balaban J connectivity index is 2.22. The van der Waals surface area contributed by atoms with Gasteiger partial charge in [0.05, 0.1) is 6.07 Å². The smallest absolute Gasteiger partial charge is 0.135 e. The van der Waals surface area contributed by atoms with Gasteiger partial charge in [0.25, 0.3) is 0 Å². The molecule has 0 aliphatic rings. The molecule has 0 fully saturated rings. The number of nitriles is 1. The van der Waals surface area contributed by atoms with Gasteiger partial charge in [-0.1, -0.05) is 6.07 Å². The van der Waals surface area contributed by atoms with Crippen molar-refractivity contribution < 1.29 is 0 Å². The first-order valence-corrected chi connectivity index (χ1v) is 6.38. The first-order valence-electron chi connectivity index (χ1n) is 6.38. The van der Waals surface area contributed by atoms with Gasteiger partial charge >= 0.3 is 0 Å². The largest absolute Gasteiger partial charge is 0.357 e. The third-order valence-electron chi connectivity index (χ3n) is 3.34. The second-order valence-electron chi connectivity index (χ2n) is 4.61. The van der Waals surface area contributed by atoms with Gasteiger partial charge in [-0.3, -0.25) is 0 Å². The number of hydrogen-bond acceptors (Lipinski definition) is 5. The van der Waals surface area contributed by atoms with Crippen LogP contribution in [-0.4, -0.2) is 16.5 Å². The van der Waals surface area contributed by atoms with Gasteiger partial charge < -0.3 is 10.6 Å². The molecule has 1 aromatic carbocycles. The highest BCUT2D eigenvalue weighted by Gasteiger charge is 2.05. The van der Waals surface area contributed by atoms with Gasteiger partial charge in [-0.05, 0) is 43.5 Å². The molecule has 5 heteroatoms. The van der Waals surface area contributed by atoms with Crippen molar-refractivity contribution >= 4 is 17.3 Å². The Morgan fingerprint density at radius 3 is 2.60 bits per heavy atom. The van der Waals surface area contributed by atoms with E-state index in [9.17, 15) is 0 Å². The molecule has 2 aromatic rings. The van der Waals surface area contributed by atoms with Crippen LogP contribution in [0.25, 0.3) is 0 Å².